The fraction of sp³-hybridized carbons (Fsp3) is 0.500. The van der Waals surface area contributed by atoms with Crippen LogP contribution in [0.15, 0.2) is 10.2 Å². The molecule has 0 aliphatic carbocycles. The van der Waals surface area contributed by atoms with Crippen molar-refractivity contribution < 1.29 is 0 Å². The van der Waals surface area contributed by atoms with E-state index in [-0.39, 0.29) is 10.2 Å². The largest absolute Gasteiger partial charge is 0.375 e. The summed E-state index contributed by atoms with van der Waals surface area (Å²) >= 11 is 9.24. The molecule has 90 valence electrons. The minimum atomic E-state index is 0.153. The zero-order valence-electron chi connectivity index (χ0n) is 9.28. The van der Waals surface area contributed by atoms with Crippen LogP contribution in [0.1, 0.15) is 26.7 Å². The van der Waals surface area contributed by atoms with E-state index in [9.17, 15) is 0 Å². The molecule has 0 aromatic rings. The lowest BCUT2D eigenvalue weighted by atomic mass is 10.2. The van der Waals surface area contributed by atoms with Gasteiger partial charge in [0, 0.05) is 11.4 Å². The molecular formula is C8H16N6S2. The monoisotopic (exact) mass is 260 g/mol. The van der Waals surface area contributed by atoms with Gasteiger partial charge in [-0.05, 0) is 51.1 Å². The summed E-state index contributed by atoms with van der Waals surface area (Å²) in [5, 5.41) is 8.24. The molecule has 0 fully saturated rings. The van der Waals surface area contributed by atoms with Gasteiger partial charge in [-0.2, -0.15) is 10.2 Å². The van der Waals surface area contributed by atoms with Gasteiger partial charge < -0.3 is 11.5 Å². The lowest BCUT2D eigenvalue weighted by Crippen LogP contribution is -2.25. The number of nitrogens with zero attached hydrogens (tertiary/aromatic N) is 2. The predicted octanol–water partition coefficient (Wildman–Crippen LogP) is 0.185. The van der Waals surface area contributed by atoms with Crippen LogP contribution in [0.25, 0.3) is 0 Å². The Labute approximate surface area is 106 Å². The summed E-state index contributed by atoms with van der Waals surface area (Å²) < 4.78 is 0. The predicted molar refractivity (Wildman–Crippen MR) is 75.3 cm³/mol. The van der Waals surface area contributed by atoms with E-state index in [1.807, 2.05) is 13.8 Å². The van der Waals surface area contributed by atoms with Crippen molar-refractivity contribution in [1.29, 1.82) is 0 Å². The summed E-state index contributed by atoms with van der Waals surface area (Å²) in [6.45, 7) is 3.75. The molecule has 0 saturated carbocycles. The Kier molecular flexibility index (Phi) is 7.31. The first-order valence-corrected chi connectivity index (χ1v) is 5.40. The first kappa shape index (κ1) is 14.7. The second kappa shape index (κ2) is 7.94. The summed E-state index contributed by atoms with van der Waals surface area (Å²) in [5.74, 6) is 0. The van der Waals surface area contributed by atoms with E-state index in [0.29, 0.717) is 0 Å². The highest BCUT2D eigenvalue weighted by atomic mass is 32.1. The zero-order chi connectivity index (χ0) is 12.6. The fourth-order valence-corrected chi connectivity index (χ4v) is 0.866. The number of nitrogens with two attached hydrogens (primary N) is 2. The van der Waals surface area contributed by atoms with Gasteiger partial charge in [0.25, 0.3) is 0 Å². The van der Waals surface area contributed by atoms with Gasteiger partial charge in [0.05, 0.1) is 0 Å². The van der Waals surface area contributed by atoms with Crippen LogP contribution in [0.4, 0.5) is 0 Å². The van der Waals surface area contributed by atoms with E-state index in [1.165, 1.54) is 0 Å². The molecule has 0 unspecified atom stereocenters. The van der Waals surface area contributed by atoms with Crippen molar-refractivity contribution in [2.24, 2.45) is 21.7 Å². The number of hydrogen-bond donors (Lipinski definition) is 4. The maximum Gasteiger partial charge on any atom is 0.184 e. The molecule has 8 heteroatoms. The lowest BCUT2D eigenvalue weighted by Gasteiger charge is -2.02. The quantitative estimate of drug-likeness (QED) is 0.320. The lowest BCUT2D eigenvalue weighted by molar-refractivity contribution is 0.971. The van der Waals surface area contributed by atoms with Crippen LogP contribution < -0.4 is 22.3 Å². The number of rotatable bonds is 5. The van der Waals surface area contributed by atoms with Gasteiger partial charge in [-0.3, -0.25) is 10.9 Å². The molecule has 0 bridgehead atoms. The Balaban J connectivity index is 3.95. The van der Waals surface area contributed by atoms with E-state index >= 15 is 0 Å². The molecule has 6 nitrogen and oxygen atoms in total. The van der Waals surface area contributed by atoms with Gasteiger partial charge in [0.2, 0.25) is 0 Å². The first-order valence-electron chi connectivity index (χ1n) is 4.59. The highest BCUT2D eigenvalue weighted by Gasteiger charge is 1.96. The van der Waals surface area contributed by atoms with E-state index in [4.69, 9.17) is 11.5 Å². The van der Waals surface area contributed by atoms with E-state index in [0.717, 1.165) is 24.3 Å². The molecule has 6 N–H and O–H groups in total. The average Bonchev–Trinajstić information content (AvgIpc) is 2.20. The third-order valence-corrected chi connectivity index (χ3v) is 1.75. The maximum absolute atomic E-state index is 5.23. The van der Waals surface area contributed by atoms with Gasteiger partial charge >= 0.3 is 0 Å². The summed E-state index contributed by atoms with van der Waals surface area (Å²) in [5.41, 5.74) is 17.3. The Bertz CT molecular complexity index is 290. The molecule has 0 saturated heterocycles. The van der Waals surface area contributed by atoms with Crippen molar-refractivity contribution in [1.82, 2.24) is 10.9 Å². The van der Waals surface area contributed by atoms with Crippen LogP contribution in [-0.4, -0.2) is 21.6 Å². The van der Waals surface area contributed by atoms with Gasteiger partial charge in [0.1, 0.15) is 0 Å². The van der Waals surface area contributed by atoms with Crippen LogP contribution in [0.2, 0.25) is 0 Å². The highest BCUT2D eigenvalue weighted by Crippen LogP contribution is 1.95. The van der Waals surface area contributed by atoms with E-state index < -0.39 is 0 Å². The Morgan fingerprint density at radius 1 is 0.938 bits per heavy atom. The summed E-state index contributed by atoms with van der Waals surface area (Å²) in [6.07, 6.45) is 1.51. The molecule has 0 aliphatic heterocycles. The number of nitrogens with one attached hydrogen (secondary N) is 2. The third-order valence-electron chi connectivity index (χ3n) is 1.56. The van der Waals surface area contributed by atoms with Gasteiger partial charge in [0.15, 0.2) is 10.2 Å². The summed E-state index contributed by atoms with van der Waals surface area (Å²) in [7, 11) is 0. The standard InChI is InChI=1S/C8H16N6S2/c1-5(11-13-7(9)15)3-4-6(2)12-14-8(10)16/h3-4H2,1-2H3,(H3,9,13,15)(H3,10,14,16). The maximum atomic E-state index is 5.23. The summed E-state index contributed by atoms with van der Waals surface area (Å²) in [4.78, 5) is 0. The van der Waals surface area contributed by atoms with Crippen molar-refractivity contribution in [3.8, 4) is 0 Å². The smallest absolute Gasteiger partial charge is 0.184 e. The second-order valence-corrected chi connectivity index (χ2v) is 4.03. The van der Waals surface area contributed by atoms with Crippen molar-refractivity contribution in [3.05, 3.63) is 0 Å². The minimum absolute atomic E-state index is 0.153. The molecule has 0 heterocycles. The molecule has 16 heavy (non-hydrogen) atoms. The highest BCUT2D eigenvalue weighted by molar-refractivity contribution is 7.80. The van der Waals surface area contributed by atoms with E-state index in [2.05, 4.69) is 45.5 Å². The molecule has 0 amide bonds. The molecule has 0 aromatic carbocycles. The van der Waals surface area contributed by atoms with Crippen LogP contribution in [-0.2, 0) is 0 Å². The van der Waals surface area contributed by atoms with Crippen molar-refractivity contribution >= 4 is 46.1 Å². The molecule has 0 rings (SSSR count). The second-order valence-electron chi connectivity index (χ2n) is 3.15. The van der Waals surface area contributed by atoms with Gasteiger partial charge in [-0.1, -0.05) is 0 Å². The van der Waals surface area contributed by atoms with Crippen molar-refractivity contribution in [2.45, 2.75) is 26.7 Å². The molecule has 0 spiro atoms. The van der Waals surface area contributed by atoms with Crippen LogP contribution in [0.5, 0.6) is 0 Å². The normalized spacial score (nSPS) is 12.1. The number of hydrogen-bond acceptors (Lipinski definition) is 4. The Hall–Kier alpha value is -1.28. The van der Waals surface area contributed by atoms with Crippen LogP contribution >= 0.6 is 24.4 Å². The fourth-order valence-electron chi connectivity index (χ4n) is 0.775. The van der Waals surface area contributed by atoms with Crippen LogP contribution in [0, 0.1) is 0 Å². The van der Waals surface area contributed by atoms with Gasteiger partial charge in [-0.15, -0.1) is 0 Å². The number of thiocarbonyl (C=S) groups is 2. The molecule has 0 radical (unpaired) electrons. The third kappa shape index (κ3) is 9.28. The molecular weight excluding hydrogens is 244 g/mol. The van der Waals surface area contributed by atoms with E-state index in [1.54, 1.807) is 0 Å². The van der Waals surface area contributed by atoms with Crippen LogP contribution in [0.3, 0.4) is 0 Å². The average molecular weight is 260 g/mol. The Morgan fingerprint density at radius 3 is 1.50 bits per heavy atom. The van der Waals surface area contributed by atoms with Crippen molar-refractivity contribution in [2.75, 3.05) is 0 Å². The first-order chi connectivity index (χ1) is 7.41. The van der Waals surface area contributed by atoms with Crippen molar-refractivity contribution in [3.63, 3.8) is 0 Å². The zero-order valence-corrected chi connectivity index (χ0v) is 10.9. The van der Waals surface area contributed by atoms with Gasteiger partial charge in [-0.25, -0.2) is 0 Å². The minimum Gasteiger partial charge on any atom is -0.375 e. The Morgan fingerprint density at radius 2 is 1.25 bits per heavy atom. The molecule has 0 aromatic heterocycles. The summed E-state index contributed by atoms with van der Waals surface area (Å²) in [6, 6.07) is 0. The topological polar surface area (TPSA) is 101 Å². The molecule has 0 aliphatic rings. The number of hydrazone groups is 2. The molecule has 0 atom stereocenters. The SMILES string of the molecule is CC(CCC(C)=NNC(N)=S)=NNC(N)=S.